The highest BCUT2D eigenvalue weighted by molar-refractivity contribution is 7.99. The molecule has 0 saturated carbocycles. The highest BCUT2D eigenvalue weighted by Gasteiger charge is 2.37. The summed E-state index contributed by atoms with van der Waals surface area (Å²) in [6.45, 7) is 0.892. The zero-order valence-electron chi connectivity index (χ0n) is 20.8. The number of ether oxygens (including phenoxy) is 2. The number of carbonyl (C=O) groups excluding carboxylic acids is 3. The summed E-state index contributed by atoms with van der Waals surface area (Å²) in [7, 11) is 0. The number of fused-ring (bicyclic) bond motifs is 1. The van der Waals surface area contributed by atoms with E-state index < -0.39 is 4.92 Å². The van der Waals surface area contributed by atoms with Crippen LogP contribution in [0.4, 0.5) is 11.4 Å². The Bertz CT molecular complexity index is 1420. The maximum absolute atomic E-state index is 12.9. The molecule has 0 radical (unpaired) electrons. The van der Waals surface area contributed by atoms with Gasteiger partial charge in [-0.3, -0.25) is 29.4 Å². The van der Waals surface area contributed by atoms with Gasteiger partial charge in [0.1, 0.15) is 11.5 Å². The average Bonchev–Trinajstić information content (AvgIpc) is 3.52. The van der Waals surface area contributed by atoms with Crippen LogP contribution in [-0.4, -0.2) is 52.6 Å². The first-order valence-electron chi connectivity index (χ1n) is 12.4. The number of carbonyl (C=O) groups is 3. The topological polar surface area (TPSA) is 128 Å². The molecule has 3 aromatic carbocycles. The molecule has 2 heterocycles. The van der Waals surface area contributed by atoms with E-state index in [1.807, 2.05) is 0 Å². The molecule has 1 fully saturated rings. The summed E-state index contributed by atoms with van der Waals surface area (Å²) in [6, 6.07) is 17.9. The van der Waals surface area contributed by atoms with Crippen molar-refractivity contribution in [2.75, 3.05) is 24.2 Å². The summed E-state index contributed by atoms with van der Waals surface area (Å²) in [5.41, 5.74) is 2.10. The molecular formula is C28H25N3O7S. The number of nitrogens with one attached hydrogen (secondary N) is 1. The summed E-state index contributed by atoms with van der Waals surface area (Å²) < 4.78 is 11.5. The van der Waals surface area contributed by atoms with Gasteiger partial charge in [0.15, 0.2) is 0 Å². The first-order valence-corrected chi connectivity index (χ1v) is 13.5. The normalized spacial score (nSPS) is 16.3. The Morgan fingerprint density at radius 3 is 2.56 bits per heavy atom. The number of anilines is 1. The van der Waals surface area contributed by atoms with Gasteiger partial charge in [0.2, 0.25) is 5.91 Å². The van der Waals surface area contributed by atoms with Gasteiger partial charge in [-0.2, -0.15) is 0 Å². The number of benzene rings is 3. The molecular weight excluding hydrogens is 522 g/mol. The first-order chi connectivity index (χ1) is 18.9. The molecule has 2 aliphatic rings. The number of rotatable bonds is 10. The molecule has 1 saturated heterocycles. The van der Waals surface area contributed by atoms with E-state index in [1.54, 1.807) is 54.6 Å². The number of non-ortho nitro benzene ring substituents is 1. The molecule has 200 valence electrons. The molecule has 11 heteroatoms. The van der Waals surface area contributed by atoms with E-state index in [1.165, 1.54) is 28.8 Å². The Balaban J connectivity index is 1.15. The minimum absolute atomic E-state index is 0.0277. The number of nitrogens with zero attached hydrogens (tertiary/aromatic N) is 2. The number of hydrogen-bond acceptors (Lipinski definition) is 8. The van der Waals surface area contributed by atoms with E-state index in [0.717, 1.165) is 18.4 Å². The Kier molecular flexibility index (Phi) is 7.89. The van der Waals surface area contributed by atoms with Crippen molar-refractivity contribution in [2.24, 2.45) is 0 Å². The van der Waals surface area contributed by atoms with Crippen LogP contribution in [0.3, 0.4) is 0 Å². The van der Waals surface area contributed by atoms with Crippen LogP contribution in [0.25, 0.3) is 0 Å². The Hall–Kier alpha value is -4.22. The molecule has 3 amide bonds. The van der Waals surface area contributed by atoms with Crippen LogP contribution in [0.2, 0.25) is 0 Å². The zero-order chi connectivity index (χ0) is 27.4. The number of hydrogen-bond donors (Lipinski definition) is 1. The van der Waals surface area contributed by atoms with Crippen molar-refractivity contribution in [1.29, 1.82) is 0 Å². The predicted octanol–water partition coefficient (Wildman–Crippen LogP) is 5.03. The second-order valence-electron chi connectivity index (χ2n) is 9.16. The van der Waals surface area contributed by atoms with E-state index in [-0.39, 0.29) is 41.8 Å². The molecule has 3 aromatic rings. The molecule has 2 aliphatic heterocycles. The SMILES string of the molecule is O=C(CSCc1ccc([N+](=O)[O-])cc1)Nc1cccc(Oc2ccc3c(c2)C(=O)N(CC2CCCO2)C3=O)c1. The number of thioether (sulfide) groups is 1. The third-order valence-electron chi connectivity index (χ3n) is 6.35. The van der Waals surface area contributed by atoms with Gasteiger partial charge in [0.25, 0.3) is 17.5 Å². The van der Waals surface area contributed by atoms with Crippen molar-refractivity contribution in [3.05, 3.63) is 93.5 Å². The minimum atomic E-state index is -0.450. The van der Waals surface area contributed by atoms with Gasteiger partial charge in [-0.25, -0.2) is 0 Å². The maximum Gasteiger partial charge on any atom is 0.269 e. The van der Waals surface area contributed by atoms with Crippen LogP contribution in [0.1, 0.15) is 39.1 Å². The monoisotopic (exact) mass is 547 g/mol. The molecule has 0 aliphatic carbocycles. The van der Waals surface area contributed by atoms with Gasteiger partial charge in [0.05, 0.1) is 34.5 Å². The van der Waals surface area contributed by atoms with Crippen molar-refractivity contribution in [3.63, 3.8) is 0 Å². The lowest BCUT2D eigenvalue weighted by atomic mass is 10.1. The predicted molar refractivity (Wildman–Crippen MR) is 145 cm³/mol. The third-order valence-corrected chi connectivity index (χ3v) is 7.36. The molecule has 1 atom stereocenters. The van der Waals surface area contributed by atoms with Gasteiger partial charge in [-0.05, 0) is 48.7 Å². The van der Waals surface area contributed by atoms with Gasteiger partial charge in [-0.1, -0.05) is 18.2 Å². The lowest BCUT2D eigenvalue weighted by Crippen LogP contribution is -2.36. The highest BCUT2D eigenvalue weighted by Crippen LogP contribution is 2.31. The van der Waals surface area contributed by atoms with E-state index in [0.29, 0.717) is 40.7 Å². The maximum atomic E-state index is 12.9. The number of nitro groups is 1. The second kappa shape index (κ2) is 11.7. The zero-order valence-corrected chi connectivity index (χ0v) is 21.6. The fourth-order valence-electron chi connectivity index (χ4n) is 4.44. The smallest absolute Gasteiger partial charge is 0.269 e. The second-order valence-corrected chi connectivity index (χ2v) is 10.1. The molecule has 0 spiro atoms. The van der Waals surface area contributed by atoms with Crippen LogP contribution in [0, 0.1) is 10.1 Å². The van der Waals surface area contributed by atoms with E-state index in [4.69, 9.17) is 9.47 Å². The molecule has 1 unspecified atom stereocenters. The van der Waals surface area contributed by atoms with Gasteiger partial charge >= 0.3 is 0 Å². The number of amides is 3. The van der Waals surface area contributed by atoms with Crippen molar-refractivity contribution < 1.29 is 28.8 Å². The lowest BCUT2D eigenvalue weighted by molar-refractivity contribution is -0.384. The molecule has 10 nitrogen and oxygen atoms in total. The molecule has 0 bridgehead atoms. The average molecular weight is 548 g/mol. The first kappa shape index (κ1) is 26.4. The van der Waals surface area contributed by atoms with E-state index in [9.17, 15) is 24.5 Å². The summed E-state index contributed by atoms with van der Waals surface area (Å²) in [4.78, 5) is 49.6. The molecule has 39 heavy (non-hydrogen) atoms. The third kappa shape index (κ3) is 6.27. The molecule has 1 N–H and O–H groups in total. The van der Waals surface area contributed by atoms with Crippen molar-refractivity contribution >= 4 is 40.9 Å². The Morgan fingerprint density at radius 1 is 1.05 bits per heavy atom. The summed E-state index contributed by atoms with van der Waals surface area (Å²) in [6.07, 6.45) is 1.63. The Labute approximate surface area is 228 Å². The van der Waals surface area contributed by atoms with Gasteiger partial charge in [0, 0.05) is 36.2 Å². The Morgan fingerprint density at radius 2 is 1.82 bits per heavy atom. The highest BCUT2D eigenvalue weighted by atomic mass is 32.2. The van der Waals surface area contributed by atoms with Crippen LogP contribution in [0.15, 0.2) is 66.7 Å². The fourth-order valence-corrected chi connectivity index (χ4v) is 5.22. The summed E-state index contributed by atoms with van der Waals surface area (Å²) in [5, 5.41) is 13.6. The quantitative estimate of drug-likeness (QED) is 0.213. The van der Waals surface area contributed by atoms with Crippen LogP contribution in [0.5, 0.6) is 11.5 Å². The fraction of sp³-hybridized carbons (Fsp3) is 0.250. The van der Waals surface area contributed by atoms with Gasteiger partial charge in [-0.15, -0.1) is 11.8 Å². The van der Waals surface area contributed by atoms with E-state index >= 15 is 0 Å². The van der Waals surface area contributed by atoms with Crippen molar-refractivity contribution in [1.82, 2.24) is 4.90 Å². The van der Waals surface area contributed by atoms with Gasteiger partial charge < -0.3 is 14.8 Å². The van der Waals surface area contributed by atoms with Crippen LogP contribution >= 0.6 is 11.8 Å². The lowest BCUT2D eigenvalue weighted by Gasteiger charge is -2.17. The number of imide groups is 1. The number of nitro benzene ring substituents is 1. The standard InChI is InChI=1S/C28H25N3O7S/c32-26(17-39-16-18-6-8-20(9-7-18)31(35)36)29-19-3-1-4-21(13-19)38-22-10-11-24-25(14-22)28(34)30(27(24)33)15-23-5-2-12-37-23/h1,3-4,6-11,13-14,23H,2,5,12,15-17H2,(H,29,32). The molecule has 0 aromatic heterocycles. The summed E-state index contributed by atoms with van der Waals surface area (Å²) >= 11 is 1.39. The molecule has 5 rings (SSSR count). The van der Waals surface area contributed by atoms with Crippen molar-refractivity contribution in [3.8, 4) is 11.5 Å². The van der Waals surface area contributed by atoms with Crippen LogP contribution < -0.4 is 10.1 Å². The van der Waals surface area contributed by atoms with E-state index in [2.05, 4.69) is 5.32 Å². The summed E-state index contributed by atoms with van der Waals surface area (Å²) in [5.74, 6) is 0.712. The van der Waals surface area contributed by atoms with Crippen LogP contribution in [-0.2, 0) is 15.3 Å². The minimum Gasteiger partial charge on any atom is -0.457 e. The largest absolute Gasteiger partial charge is 0.457 e. The van der Waals surface area contributed by atoms with Crippen molar-refractivity contribution in [2.45, 2.75) is 24.7 Å².